The van der Waals surface area contributed by atoms with Crippen molar-refractivity contribution in [1.29, 1.82) is 0 Å². The minimum absolute atomic E-state index is 0.0727. The van der Waals surface area contributed by atoms with Gasteiger partial charge in [-0.2, -0.15) is 0 Å². The van der Waals surface area contributed by atoms with Gasteiger partial charge in [-0.25, -0.2) is 4.79 Å². The topological polar surface area (TPSA) is 72.8 Å². The van der Waals surface area contributed by atoms with E-state index in [4.69, 9.17) is 5.11 Å². The number of urea groups is 1. The van der Waals surface area contributed by atoms with Crippen LogP contribution in [0.4, 0.5) is 4.79 Å². The van der Waals surface area contributed by atoms with Crippen molar-refractivity contribution in [1.82, 2.24) is 9.62 Å². The van der Waals surface area contributed by atoms with Crippen LogP contribution in [-0.2, 0) is 0 Å². The summed E-state index contributed by atoms with van der Waals surface area (Å²) >= 11 is 4.13. The maximum atomic E-state index is 11.4. The molecule has 0 aromatic carbocycles. The first-order valence-electron chi connectivity index (χ1n) is 5.20. The molecule has 1 fully saturated rings. The lowest BCUT2D eigenvalue weighted by molar-refractivity contribution is 0.105. The molecule has 3 N–H and O–H groups in total. The summed E-state index contributed by atoms with van der Waals surface area (Å²) in [6, 6.07) is -0.204. The van der Waals surface area contributed by atoms with E-state index in [0.29, 0.717) is 0 Å². The standard InChI is InChI=1S/C9H18N2O3S/c12-6-5-10-9(14)11(15)7-1-3-8(13)4-2-7/h7-8,12-13,15H,1-6H2,(H,10,14). The molecule has 0 aromatic rings. The van der Waals surface area contributed by atoms with Gasteiger partial charge in [0.2, 0.25) is 0 Å². The van der Waals surface area contributed by atoms with Crippen molar-refractivity contribution < 1.29 is 15.0 Å². The zero-order valence-corrected chi connectivity index (χ0v) is 9.49. The summed E-state index contributed by atoms with van der Waals surface area (Å²) in [6.45, 7) is 0.169. The van der Waals surface area contributed by atoms with Gasteiger partial charge in [-0.05, 0) is 25.7 Å². The molecule has 0 atom stereocenters. The van der Waals surface area contributed by atoms with Gasteiger partial charge in [0, 0.05) is 12.6 Å². The van der Waals surface area contributed by atoms with E-state index in [1.807, 2.05) is 0 Å². The molecule has 1 aliphatic rings. The fourth-order valence-electron chi connectivity index (χ4n) is 1.71. The lowest BCUT2D eigenvalue weighted by Crippen LogP contribution is -2.43. The Bertz CT molecular complexity index is 208. The number of aliphatic hydroxyl groups excluding tert-OH is 2. The normalized spacial score (nSPS) is 26.1. The zero-order valence-electron chi connectivity index (χ0n) is 8.59. The lowest BCUT2D eigenvalue weighted by atomic mass is 9.93. The monoisotopic (exact) mass is 234 g/mol. The molecule has 88 valence electrons. The highest BCUT2D eigenvalue weighted by atomic mass is 32.1. The first kappa shape index (κ1) is 12.6. The highest BCUT2D eigenvalue weighted by Crippen LogP contribution is 2.24. The number of amides is 2. The Morgan fingerprint density at radius 3 is 2.53 bits per heavy atom. The molecule has 1 saturated carbocycles. The molecule has 0 aliphatic heterocycles. The van der Waals surface area contributed by atoms with Crippen LogP contribution in [0.5, 0.6) is 0 Å². The molecule has 6 heteroatoms. The van der Waals surface area contributed by atoms with Crippen molar-refractivity contribution in [3.8, 4) is 0 Å². The molecule has 0 unspecified atom stereocenters. The average Bonchev–Trinajstić information content (AvgIpc) is 2.26. The van der Waals surface area contributed by atoms with Crippen molar-refractivity contribution in [2.45, 2.75) is 37.8 Å². The maximum absolute atomic E-state index is 11.4. The second-order valence-electron chi connectivity index (χ2n) is 3.76. The largest absolute Gasteiger partial charge is 0.395 e. The summed E-state index contributed by atoms with van der Waals surface area (Å²) in [5, 5.41) is 20.4. The Labute approximate surface area is 95.0 Å². The highest BCUT2D eigenvalue weighted by Gasteiger charge is 2.26. The smallest absolute Gasteiger partial charge is 0.327 e. The van der Waals surface area contributed by atoms with Gasteiger partial charge in [-0.15, -0.1) is 0 Å². The number of hydrogen-bond acceptors (Lipinski definition) is 4. The number of nitrogens with zero attached hydrogens (tertiary/aromatic N) is 1. The molecule has 0 bridgehead atoms. The molecule has 1 rings (SSSR count). The van der Waals surface area contributed by atoms with Gasteiger partial charge in [0.25, 0.3) is 0 Å². The van der Waals surface area contributed by atoms with Crippen LogP contribution in [0.15, 0.2) is 0 Å². The van der Waals surface area contributed by atoms with Crippen LogP contribution in [-0.4, -0.2) is 45.8 Å². The fourth-order valence-corrected chi connectivity index (χ4v) is 2.01. The zero-order chi connectivity index (χ0) is 11.3. The van der Waals surface area contributed by atoms with Crippen LogP contribution in [0, 0.1) is 0 Å². The summed E-state index contributed by atoms with van der Waals surface area (Å²) in [5.41, 5.74) is 0. The highest BCUT2D eigenvalue weighted by molar-refractivity contribution is 7.78. The van der Waals surface area contributed by atoms with Crippen molar-refractivity contribution in [3.05, 3.63) is 0 Å². The summed E-state index contributed by atoms with van der Waals surface area (Å²) in [6.07, 6.45) is 2.75. The lowest BCUT2D eigenvalue weighted by Gasteiger charge is -2.31. The molecule has 0 spiro atoms. The van der Waals surface area contributed by atoms with Crippen molar-refractivity contribution in [2.75, 3.05) is 13.2 Å². The summed E-state index contributed by atoms with van der Waals surface area (Å²) < 4.78 is 1.36. The third-order valence-corrected chi connectivity index (χ3v) is 3.12. The Morgan fingerprint density at radius 2 is 2.00 bits per heavy atom. The SMILES string of the molecule is O=C(NCCO)N(S)C1CCC(O)CC1. The van der Waals surface area contributed by atoms with E-state index < -0.39 is 0 Å². The van der Waals surface area contributed by atoms with Gasteiger partial charge >= 0.3 is 6.03 Å². The minimum Gasteiger partial charge on any atom is -0.395 e. The molecule has 15 heavy (non-hydrogen) atoms. The van der Waals surface area contributed by atoms with Crippen molar-refractivity contribution in [3.63, 3.8) is 0 Å². The molecule has 2 amide bonds. The van der Waals surface area contributed by atoms with Gasteiger partial charge in [0.15, 0.2) is 0 Å². The van der Waals surface area contributed by atoms with Crippen molar-refractivity contribution >= 4 is 18.8 Å². The van der Waals surface area contributed by atoms with Gasteiger partial charge in [0.05, 0.1) is 12.7 Å². The van der Waals surface area contributed by atoms with Crippen LogP contribution in [0.25, 0.3) is 0 Å². The Kier molecular flexibility index (Phi) is 5.21. The van der Waals surface area contributed by atoms with E-state index >= 15 is 0 Å². The third-order valence-electron chi connectivity index (χ3n) is 2.61. The van der Waals surface area contributed by atoms with Gasteiger partial charge < -0.3 is 15.5 Å². The maximum Gasteiger partial charge on any atom is 0.327 e. The summed E-state index contributed by atoms with van der Waals surface area (Å²) in [4.78, 5) is 11.4. The number of nitrogens with one attached hydrogen (secondary N) is 1. The molecule has 0 aromatic heterocycles. The minimum atomic E-state index is -0.284. The average molecular weight is 234 g/mol. The predicted molar refractivity (Wildman–Crippen MR) is 59.6 cm³/mol. The molecule has 0 radical (unpaired) electrons. The van der Waals surface area contributed by atoms with Gasteiger partial charge in [-0.3, -0.25) is 4.31 Å². The summed E-state index contributed by atoms with van der Waals surface area (Å²) in [5.74, 6) is 0. The summed E-state index contributed by atoms with van der Waals surface area (Å²) in [7, 11) is 0. The fraction of sp³-hybridized carbons (Fsp3) is 0.889. The molecule has 0 heterocycles. The van der Waals surface area contributed by atoms with Crippen LogP contribution in [0.1, 0.15) is 25.7 Å². The van der Waals surface area contributed by atoms with Gasteiger partial charge in [-0.1, -0.05) is 12.8 Å². The molecule has 1 aliphatic carbocycles. The van der Waals surface area contributed by atoms with E-state index in [0.717, 1.165) is 25.7 Å². The molecule has 5 nitrogen and oxygen atoms in total. The van der Waals surface area contributed by atoms with Crippen LogP contribution in [0.2, 0.25) is 0 Å². The molecular formula is C9H18N2O3S. The number of carbonyl (C=O) groups excluding carboxylic acids is 1. The van der Waals surface area contributed by atoms with E-state index in [-0.39, 0.29) is 31.3 Å². The Balaban J connectivity index is 2.32. The number of carbonyl (C=O) groups is 1. The number of thiol groups is 1. The molecular weight excluding hydrogens is 216 g/mol. The Morgan fingerprint density at radius 1 is 1.40 bits per heavy atom. The second-order valence-corrected chi connectivity index (χ2v) is 4.19. The molecule has 0 saturated heterocycles. The quantitative estimate of drug-likeness (QED) is 0.525. The third kappa shape index (κ3) is 3.89. The van der Waals surface area contributed by atoms with E-state index in [9.17, 15) is 9.90 Å². The Hall–Kier alpha value is -0.460. The van der Waals surface area contributed by atoms with Gasteiger partial charge in [0.1, 0.15) is 0 Å². The number of aliphatic hydroxyl groups is 2. The first-order valence-corrected chi connectivity index (χ1v) is 5.60. The first-order chi connectivity index (χ1) is 7.15. The van der Waals surface area contributed by atoms with Crippen LogP contribution >= 0.6 is 12.8 Å². The van der Waals surface area contributed by atoms with Crippen LogP contribution in [0.3, 0.4) is 0 Å². The number of hydrogen-bond donors (Lipinski definition) is 4. The number of rotatable bonds is 3. The van der Waals surface area contributed by atoms with E-state index in [2.05, 4.69) is 18.1 Å². The predicted octanol–water partition coefficient (Wildman–Crippen LogP) is 0.139. The van der Waals surface area contributed by atoms with Crippen molar-refractivity contribution in [2.24, 2.45) is 0 Å². The second kappa shape index (κ2) is 6.19. The van der Waals surface area contributed by atoms with E-state index in [1.54, 1.807) is 0 Å². The van der Waals surface area contributed by atoms with E-state index in [1.165, 1.54) is 4.31 Å². The van der Waals surface area contributed by atoms with Crippen LogP contribution < -0.4 is 5.32 Å².